The van der Waals surface area contributed by atoms with E-state index in [2.05, 4.69) is 13.8 Å². The van der Waals surface area contributed by atoms with Gasteiger partial charge in [-0.25, -0.2) is 0 Å². The molecule has 0 aromatic rings. The van der Waals surface area contributed by atoms with E-state index in [9.17, 15) is 9.59 Å². The Morgan fingerprint density at radius 1 is 0.613 bits per heavy atom. The number of esters is 1. The molecule has 0 saturated carbocycles. The first-order valence-corrected chi connectivity index (χ1v) is 13.8. The summed E-state index contributed by atoms with van der Waals surface area (Å²) in [5, 5.41) is 0. The molecule has 183 valence electrons. The largest absolute Gasteiger partial charge is 0.462 e. The van der Waals surface area contributed by atoms with Crippen molar-refractivity contribution in [1.29, 1.82) is 0 Å². The lowest BCUT2D eigenvalue weighted by Gasteiger charge is -2.15. The SMILES string of the molecule is CCCCCCCCCCCCC(=O)OC(C[C]=O)CCCCCCCCCCCC. The summed E-state index contributed by atoms with van der Waals surface area (Å²) in [6.07, 6.45) is 28.7. The van der Waals surface area contributed by atoms with Crippen LogP contribution in [0.2, 0.25) is 0 Å². The lowest BCUT2D eigenvalue weighted by atomic mass is 10.0. The molecule has 3 heteroatoms. The maximum atomic E-state index is 12.1. The average Bonchev–Trinajstić information content (AvgIpc) is 2.76. The van der Waals surface area contributed by atoms with E-state index in [4.69, 9.17) is 4.74 Å². The summed E-state index contributed by atoms with van der Waals surface area (Å²) in [6.45, 7) is 4.51. The van der Waals surface area contributed by atoms with Crippen molar-refractivity contribution in [2.45, 2.75) is 168 Å². The van der Waals surface area contributed by atoms with Crippen molar-refractivity contribution >= 4 is 12.3 Å². The van der Waals surface area contributed by atoms with Gasteiger partial charge in [-0.3, -0.25) is 9.59 Å². The van der Waals surface area contributed by atoms with Gasteiger partial charge < -0.3 is 4.74 Å². The monoisotopic (exact) mass is 437 g/mol. The Balaban J connectivity index is 3.59. The highest BCUT2D eigenvalue weighted by molar-refractivity contribution is 5.69. The third-order valence-electron chi connectivity index (χ3n) is 6.22. The lowest BCUT2D eigenvalue weighted by Crippen LogP contribution is -2.18. The second-order valence-corrected chi connectivity index (χ2v) is 9.36. The number of rotatable bonds is 25. The van der Waals surface area contributed by atoms with Crippen molar-refractivity contribution < 1.29 is 14.3 Å². The fraction of sp³-hybridized carbons (Fsp3) is 0.929. The second kappa shape index (κ2) is 25.4. The van der Waals surface area contributed by atoms with Crippen LogP contribution < -0.4 is 0 Å². The number of unbranched alkanes of at least 4 members (excludes halogenated alkanes) is 18. The molecule has 0 N–H and O–H groups in total. The Kier molecular flexibility index (Phi) is 24.7. The Morgan fingerprint density at radius 3 is 1.42 bits per heavy atom. The summed E-state index contributed by atoms with van der Waals surface area (Å²) >= 11 is 0. The summed E-state index contributed by atoms with van der Waals surface area (Å²) in [5.41, 5.74) is 0. The second-order valence-electron chi connectivity index (χ2n) is 9.36. The molecule has 0 aromatic heterocycles. The Labute approximate surface area is 194 Å². The predicted molar refractivity (Wildman–Crippen MR) is 133 cm³/mol. The van der Waals surface area contributed by atoms with E-state index in [1.807, 2.05) is 6.29 Å². The van der Waals surface area contributed by atoms with E-state index in [-0.39, 0.29) is 18.5 Å². The van der Waals surface area contributed by atoms with Gasteiger partial charge in [-0.15, -0.1) is 0 Å². The molecule has 0 aliphatic carbocycles. The predicted octanol–water partition coefficient (Wildman–Crippen LogP) is 9.02. The van der Waals surface area contributed by atoms with E-state index in [1.54, 1.807) is 0 Å². The molecule has 0 fully saturated rings. The van der Waals surface area contributed by atoms with Gasteiger partial charge in [-0.2, -0.15) is 0 Å². The van der Waals surface area contributed by atoms with Crippen LogP contribution in [0.15, 0.2) is 0 Å². The van der Waals surface area contributed by atoms with Crippen molar-refractivity contribution in [1.82, 2.24) is 0 Å². The van der Waals surface area contributed by atoms with Crippen LogP contribution in [0, 0.1) is 0 Å². The van der Waals surface area contributed by atoms with Crippen LogP contribution >= 0.6 is 0 Å². The molecule has 0 aliphatic rings. The third kappa shape index (κ3) is 23.6. The summed E-state index contributed by atoms with van der Waals surface area (Å²) in [5.74, 6) is -0.133. The van der Waals surface area contributed by atoms with E-state index in [0.717, 1.165) is 25.7 Å². The van der Waals surface area contributed by atoms with Crippen LogP contribution in [-0.4, -0.2) is 18.4 Å². The lowest BCUT2D eigenvalue weighted by molar-refractivity contribution is -0.149. The highest BCUT2D eigenvalue weighted by atomic mass is 16.5. The van der Waals surface area contributed by atoms with Crippen LogP contribution in [0.3, 0.4) is 0 Å². The molecule has 31 heavy (non-hydrogen) atoms. The van der Waals surface area contributed by atoms with Gasteiger partial charge in [0.05, 0.1) is 6.42 Å². The van der Waals surface area contributed by atoms with E-state index >= 15 is 0 Å². The highest BCUT2D eigenvalue weighted by Gasteiger charge is 2.14. The molecule has 0 aliphatic heterocycles. The minimum Gasteiger partial charge on any atom is -0.462 e. The molecular weight excluding hydrogens is 384 g/mol. The fourth-order valence-electron chi connectivity index (χ4n) is 4.16. The molecule has 0 saturated heterocycles. The molecule has 1 atom stereocenters. The number of hydrogen-bond donors (Lipinski definition) is 0. The van der Waals surface area contributed by atoms with Gasteiger partial charge in [0, 0.05) is 6.42 Å². The molecule has 1 unspecified atom stereocenters. The maximum absolute atomic E-state index is 12.1. The Morgan fingerprint density at radius 2 is 1.00 bits per heavy atom. The first kappa shape index (κ1) is 30.1. The summed E-state index contributed by atoms with van der Waals surface area (Å²) in [7, 11) is 0. The van der Waals surface area contributed by atoms with Gasteiger partial charge in [0.2, 0.25) is 6.29 Å². The summed E-state index contributed by atoms with van der Waals surface area (Å²) in [4.78, 5) is 22.9. The number of carbonyl (C=O) groups excluding carboxylic acids is 2. The Hall–Kier alpha value is -0.860. The fourth-order valence-corrected chi connectivity index (χ4v) is 4.16. The van der Waals surface area contributed by atoms with Crippen molar-refractivity contribution in [3.05, 3.63) is 0 Å². The summed E-state index contributed by atoms with van der Waals surface area (Å²) in [6, 6.07) is 0. The zero-order valence-electron chi connectivity index (χ0n) is 21.1. The van der Waals surface area contributed by atoms with Gasteiger partial charge in [0.1, 0.15) is 6.10 Å². The van der Waals surface area contributed by atoms with E-state index in [1.165, 1.54) is 109 Å². The van der Waals surface area contributed by atoms with Crippen molar-refractivity contribution in [2.24, 2.45) is 0 Å². The maximum Gasteiger partial charge on any atom is 0.306 e. The molecule has 0 amide bonds. The average molecular weight is 438 g/mol. The number of carbonyl (C=O) groups is 1. The molecular formula is C28H53O3. The zero-order valence-corrected chi connectivity index (χ0v) is 21.1. The van der Waals surface area contributed by atoms with Gasteiger partial charge in [-0.1, -0.05) is 129 Å². The zero-order chi connectivity index (χ0) is 22.8. The smallest absolute Gasteiger partial charge is 0.306 e. The number of hydrogen-bond acceptors (Lipinski definition) is 3. The number of ether oxygens (including phenoxy) is 1. The Bertz CT molecular complexity index is 380. The quantitative estimate of drug-likeness (QED) is 0.106. The van der Waals surface area contributed by atoms with Gasteiger partial charge >= 0.3 is 5.97 Å². The van der Waals surface area contributed by atoms with E-state index < -0.39 is 0 Å². The van der Waals surface area contributed by atoms with Crippen LogP contribution in [0.25, 0.3) is 0 Å². The molecule has 1 radical (unpaired) electrons. The van der Waals surface area contributed by atoms with Gasteiger partial charge in [0.15, 0.2) is 0 Å². The molecule has 0 aromatic carbocycles. The van der Waals surface area contributed by atoms with Crippen molar-refractivity contribution in [2.75, 3.05) is 0 Å². The summed E-state index contributed by atoms with van der Waals surface area (Å²) < 4.78 is 5.55. The van der Waals surface area contributed by atoms with Gasteiger partial charge in [0.25, 0.3) is 0 Å². The first-order chi connectivity index (χ1) is 15.2. The van der Waals surface area contributed by atoms with Crippen LogP contribution in [-0.2, 0) is 14.3 Å². The molecule has 0 rings (SSSR count). The minimum absolute atomic E-state index is 0.133. The minimum atomic E-state index is -0.262. The highest BCUT2D eigenvalue weighted by Crippen LogP contribution is 2.16. The van der Waals surface area contributed by atoms with Crippen LogP contribution in [0.4, 0.5) is 0 Å². The standard InChI is InChI=1S/C28H53O3/c1-3-5-7-9-11-13-15-17-19-21-23-27(25-26-29)31-28(30)24-22-20-18-16-14-12-10-8-6-4-2/h27H,3-25H2,1-2H3. The molecule has 0 bridgehead atoms. The van der Waals surface area contributed by atoms with Crippen molar-refractivity contribution in [3.63, 3.8) is 0 Å². The van der Waals surface area contributed by atoms with Gasteiger partial charge in [-0.05, 0) is 19.3 Å². The van der Waals surface area contributed by atoms with Crippen LogP contribution in [0.1, 0.15) is 162 Å². The molecule has 3 nitrogen and oxygen atoms in total. The normalized spacial score (nSPS) is 12.1. The first-order valence-electron chi connectivity index (χ1n) is 13.8. The molecule has 0 spiro atoms. The van der Waals surface area contributed by atoms with E-state index in [0.29, 0.717) is 6.42 Å². The molecule has 0 heterocycles. The topological polar surface area (TPSA) is 43.4 Å². The van der Waals surface area contributed by atoms with Crippen LogP contribution in [0.5, 0.6) is 0 Å². The third-order valence-corrected chi connectivity index (χ3v) is 6.22. The van der Waals surface area contributed by atoms with Crippen molar-refractivity contribution in [3.8, 4) is 0 Å².